The number of hydrogen-bond donors (Lipinski definition) is 0. The zero-order valence-electron chi connectivity index (χ0n) is 57.5. The van der Waals surface area contributed by atoms with Crippen LogP contribution >= 0.6 is 0 Å². The van der Waals surface area contributed by atoms with Gasteiger partial charge < -0.3 is 18.0 Å². The van der Waals surface area contributed by atoms with Crippen LogP contribution in [0.25, 0.3) is 189 Å². The first kappa shape index (κ1) is 59.6. The molecule has 6 aromatic heterocycles. The molecule has 0 atom stereocenters. The summed E-state index contributed by atoms with van der Waals surface area (Å²) in [5, 5.41) is 11.0. The molecular formula is C96H64N6O2. The Labute approximate surface area is 599 Å². The van der Waals surface area contributed by atoms with Gasteiger partial charge in [0.1, 0.15) is 22.3 Å². The van der Waals surface area contributed by atoms with Crippen molar-refractivity contribution in [1.29, 1.82) is 0 Å². The van der Waals surface area contributed by atoms with Gasteiger partial charge in [-0.1, -0.05) is 246 Å². The van der Waals surface area contributed by atoms with Gasteiger partial charge in [-0.25, -0.2) is 19.9 Å². The molecule has 0 unspecified atom stereocenters. The first-order valence-corrected chi connectivity index (χ1v) is 35.7. The van der Waals surface area contributed by atoms with Crippen molar-refractivity contribution in [3.63, 3.8) is 0 Å². The molecule has 0 spiro atoms. The van der Waals surface area contributed by atoms with Gasteiger partial charge in [-0.05, 0) is 142 Å². The third-order valence-electron chi connectivity index (χ3n) is 22.1. The van der Waals surface area contributed by atoms with Gasteiger partial charge in [-0.15, -0.1) is 0 Å². The monoisotopic (exact) mass is 1330 g/mol. The third-order valence-corrected chi connectivity index (χ3v) is 22.1. The smallest absolute Gasteiger partial charge is 0.160 e. The van der Waals surface area contributed by atoms with Crippen LogP contribution in [0, 0.1) is 0 Å². The highest BCUT2D eigenvalue weighted by molar-refractivity contribution is 6.19. The van der Waals surface area contributed by atoms with Crippen molar-refractivity contribution >= 4 is 98.4 Å². The summed E-state index contributed by atoms with van der Waals surface area (Å²) >= 11 is 0. The minimum absolute atomic E-state index is 0.251. The molecule has 0 radical (unpaired) electrons. The van der Waals surface area contributed by atoms with E-state index < -0.39 is 0 Å². The van der Waals surface area contributed by atoms with E-state index >= 15 is 0 Å². The van der Waals surface area contributed by atoms with Crippen molar-refractivity contribution in [3.8, 4) is 90.2 Å². The fourth-order valence-electron chi connectivity index (χ4n) is 17.7. The Balaban J connectivity index is 0.000000134. The van der Waals surface area contributed by atoms with E-state index in [4.69, 9.17) is 28.8 Å². The van der Waals surface area contributed by atoms with Gasteiger partial charge in [0.2, 0.25) is 0 Å². The number of aromatic nitrogens is 6. The minimum Gasteiger partial charge on any atom is -0.456 e. The lowest BCUT2D eigenvalue weighted by molar-refractivity contribution is 0.660. The Hall–Kier alpha value is -13.3. The van der Waals surface area contributed by atoms with Crippen LogP contribution in [-0.2, 0) is 10.8 Å². The van der Waals surface area contributed by atoms with Gasteiger partial charge in [-0.2, -0.15) is 0 Å². The highest BCUT2D eigenvalue weighted by atomic mass is 16.3. The topological polar surface area (TPSA) is 87.7 Å². The average Bonchev–Trinajstić information content (AvgIpc) is 1.53. The number of fused-ring (bicyclic) bond motifs is 23. The van der Waals surface area contributed by atoms with E-state index in [0.29, 0.717) is 5.82 Å². The SMILES string of the molecule is CC1(C)c2c(ccc3oc4ccccc4c23)-c2ccc3c(c21)c1ccccc1n3-c1ccc(-c2cc(-c3ccccc3)nc(-c3ccccc3)n2)cc1.CC1(C)c2c(ccc3oc4ccccc4c23)-c2ccc3c(c21)c1ccccc1n3-c1ccc(-c2nc(-c3ccccc3)c3ccccc3n2)cc1. The molecule has 8 nitrogen and oxygen atoms in total. The minimum atomic E-state index is -0.255. The van der Waals surface area contributed by atoms with Crippen molar-refractivity contribution < 1.29 is 8.83 Å². The second-order valence-electron chi connectivity index (χ2n) is 28.7. The fraction of sp³-hybridized carbons (Fsp3) is 0.0625. The van der Waals surface area contributed by atoms with Gasteiger partial charge >= 0.3 is 0 Å². The first-order chi connectivity index (χ1) is 51.1. The summed E-state index contributed by atoms with van der Waals surface area (Å²) in [5.41, 5.74) is 29.7. The van der Waals surface area contributed by atoms with E-state index in [1.807, 2.05) is 54.6 Å². The first-order valence-electron chi connectivity index (χ1n) is 35.7. The lowest BCUT2D eigenvalue weighted by Gasteiger charge is -2.23. The number of para-hydroxylation sites is 5. The van der Waals surface area contributed by atoms with E-state index in [1.54, 1.807) is 0 Å². The number of nitrogens with zero attached hydrogens (tertiary/aromatic N) is 6. The number of hydrogen-bond acceptors (Lipinski definition) is 6. The lowest BCUT2D eigenvalue weighted by atomic mass is 9.79. The van der Waals surface area contributed by atoms with Crippen LogP contribution in [0.3, 0.4) is 0 Å². The number of furan rings is 2. The maximum Gasteiger partial charge on any atom is 0.160 e. The molecule has 490 valence electrons. The van der Waals surface area contributed by atoms with Crippen molar-refractivity contribution in [1.82, 2.24) is 29.1 Å². The molecule has 0 aliphatic heterocycles. The predicted octanol–water partition coefficient (Wildman–Crippen LogP) is 25.0. The summed E-state index contributed by atoms with van der Waals surface area (Å²) in [4.78, 5) is 20.2. The molecule has 20 aromatic rings. The van der Waals surface area contributed by atoms with Crippen LogP contribution in [0.15, 0.2) is 324 Å². The zero-order chi connectivity index (χ0) is 69.1. The fourth-order valence-corrected chi connectivity index (χ4v) is 17.7. The van der Waals surface area contributed by atoms with Crippen LogP contribution in [0.1, 0.15) is 49.9 Å². The van der Waals surface area contributed by atoms with E-state index in [2.05, 4.69) is 298 Å². The molecule has 22 rings (SSSR count). The average molecular weight is 1330 g/mol. The van der Waals surface area contributed by atoms with E-state index in [9.17, 15) is 0 Å². The summed E-state index contributed by atoms with van der Waals surface area (Å²) in [6.45, 7) is 9.53. The van der Waals surface area contributed by atoms with Crippen molar-refractivity contribution in [2.75, 3.05) is 0 Å². The van der Waals surface area contributed by atoms with Crippen LogP contribution in [0.4, 0.5) is 0 Å². The quantitative estimate of drug-likeness (QED) is 0.158. The molecule has 0 saturated heterocycles. The van der Waals surface area contributed by atoms with Gasteiger partial charge in [0.05, 0.1) is 44.7 Å². The Bertz CT molecular complexity index is 6880. The molecule has 2 aliphatic rings. The molecule has 0 saturated carbocycles. The summed E-state index contributed by atoms with van der Waals surface area (Å²) in [5.74, 6) is 1.43. The molecule has 104 heavy (non-hydrogen) atoms. The van der Waals surface area contributed by atoms with Gasteiger partial charge in [0.15, 0.2) is 11.6 Å². The molecule has 6 heterocycles. The molecule has 0 N–H and O–H groups in total. The number of rotatable bonds is 7. The Morgan fingerprint density at radius 1 is 0.260 bits per heavy atom. The summed E-state index contributed by atoms with van der Waals surface area (Å²) < 4.78 is 17.6. The Morgan fingerprint density at radius 2 is 0.625 bits per heavy atom. The maximum atomic E-state index is 6.38. The van der Waals surface area contributed by atoms with Crippen LogP contribution in [0.5, 0.6) is 0 Å². The lowest BCUT2D eigenvalue weighted by Crippen LogP contribution is -2.16. The molecular weight excluding hydrogens is 1270 g/mol. The van der Waals surface area contributed by atoms with Crippen LogP contribution in [-0.4, -0.2) is 29.1 Å². The van der Waals surface area contributed by atoms with Gasteiger partial charge in [0, 0.05) is 98.5 Å². The third kappa shape index (κ3) is 8.85. The normalized spacial score (nSPS) is 13.3. The molecule has 8 heteroatoms. The molecule has 14 aromatic carbocycles. The van der Waals surface area contributed by atoms with E-state index in [-0.39, 0.29) is 10.8 Å². The second kappa shape index (κ2) is 22.6. The summed E-state index contributed by atoms with van der Waals surface area (Å²) in [6, 6.07) is 111. The number of benzene rings is 14. The van der Waals surface area contributed by atoms with E-state index in [1.165, 1.54) is 110 Å². The second-order valence-corrected chi connectivity index (χ2v) is 28.7. The van der Waals surface area contributed by atoms with Crippen LogP contribution in [0.2, 0.25) is 0 Å². The molecule has 2 aliphatic carbocycles. The Kier molecular flexibility index (Phi) is 12.9. The zero-order valence-corrected chi connectivity index (χ0v) is 57.5. The van der Waals surface area contributed by atoms with Gasteiger partial charge in [0.25, 0.3) is 0 Å². The highest BCUT2D eigenvalue weighted by Crippen LogP contribution is 2.59. The molecule has 0 fully saturated rings. The molecule has 0 amide bonds. The highest BCUT2D eigenvalue weighted by Gasteiger charge is 2.42. The summed E-state index contributed by atoms with van der Waals surface area (Å²) in [6.07, 6.45) is 0. The maximum absolute atomic E-state index is 6.38. The van der Waals surface area contributed by atoms with Gasteiger partial charge in [-0.3, -0.25) is 0 Å². The van der Waals surface area contributed by atoms with Crippen molar-refractivity contribution in [2.45, 2.75) is 38.5 Å². The predicted molar refractivity (Wildman–Crippen MR) is 427 cm³/mol. The van der Waals surface area contributed by atoms with E-state index in [0.717, 1.165) is 95.3 Å². The Morgan fingerprint density at radius 3 is 1.12 bits per heavy atom. The largest absolute Gasteiger partial charge is 0.456 e. The van der Waals surface area contributed by atoms with Crippen molar-refractivity contribution in [3.05, 3.63) is 338 Å². The van der Waals surface area contributed by atoms with Crippen molar-refractivity contribution in [2.24, 2.45) is 0 Å². The van der Waals surface area contributed by atoms with Crippen LogP contribution < -0.4 is 0 Å². The molecule has 0 bridgehead atoms. The summed E-state index contributed by atoms with van der Waals surface area (Å²) in [7, 11) is 0. The standard InChI is InChI=1S/C49H33N3O.C47H31N3O/c1-49(2)46-34(35-26-28-43-45(47(35)49)37-18-10-12-20-42(37)53-43)25-27-41-44(46)36-17-9-11-19-40(36)52(41)33-23-21-31(22-24-33)39-29-38(30-13-5-3-6-14-30)50-48(51-39)32-15-7-4-8-16-32;1-47(2)43-31(32-25-27-40-42(44(32)47)35-16-8-11-19-39(35)51-40)24-26-38-41(43)34-15-7-10-18-37(34)50(38)30-22-20-29(21-23-30)46-48-36-17-9-6-14-33(36)45(49-46)28-12-4-3-5-13-28/h3-29H,1-2H3;3-27H,1-2H3.